The third-order valence-electron chi connectivity index (χ3n) is 12.7. The largest absolute Gasteiger partial charge is 0.456 e. The van der Waals surface area contributed by atoms with E-state index in [1.165, 1.54) is 11.1 Å². The summed E-state index contributed by atoms with van der Waals surface area (Å²) in [5, 5.41) is 4.47. The molecule has 5 nitrogen and oxygen atoms in total. The number of rotatable bonds is 9. The van der Waals surface area contributed by atoms with Crippen LogP contribution >= 0.6 is 0 Å². The maximum Gasteiger partial charge on any atom is 0.211 e. The topological polar surface area (TPSA) is 67.9 Å². The first-order chi connectivity index (χ1) is 33.2. The highest BCUT2D eigenvalue weighted by atomic mass is 16.3. The van der Waals surface area contributed by atoms with Gasteiger partial charge in [0.25, 0.3) is 0 Å². The molecular formula is C62H43N4O+. The summed E-state index contributed by atoms with van der Waals surface area (Å²) in [6.45, 7) is 0. The fraction of sp³-hybridized carbons (Fsp3) is 0.0161. The van der Waals surface area contributed by atoms with Gasteiger partial charge in [-0.05, 0) is 69.8 Å². The van der Waals surface area contributed by atoms with E-state index in [1.807, 2.05) is 48.5 Å². The van der Waals surface area contributed by atoms with Gasteiger partial charge in [0.1, 0.15) is 16.9 Å². The number of para-hydroxylation sites is 1. The monoisotopic (exact) mass is 859 g/mol. The Morgan fingerprint density at radius 2 is 0.910 bits per heavy atom. The minimum absolute atomic E-state index is 0.123. The second-order valence-corrected chi connectivity index (χ2v) is 16.9. The Hall–Kier alpha value is -8.77. The molecule has 0 radical (unpaired) electrons. The molecule has 0 saturated heterocycles. The molecule has 67 heavy (non-hydrogen) atoms. The van der Waals surface area contributed by atoms with Gasteiger partial charge < -0.3 is 4.42 Å². The van der Waals surface area contributed by atoms with Crippen molar-refractivity contribution in [3.63, 3.8) is 0 Å². The lowest BCUT2D eigenvalue weighted by atomic mass is 9.93. The van der Waals surface area contributed by atoms with Crippen molar-refractivity contribution in [1.29, 1.82) is 0 Å². The van der Waals surface area contributed by atoms with E-state index in [9.17, 15) is 0 Å². The van der Waals surface area contributed by atoms with Crippen LogP contribution in [0.4, 0.5) is 0 Å². The van der Waals surface area contributed by atoms with Crippen molar-refractivity contribution in [1.82, 2.24) is 9.97 Å². The van der Waals surface area contributed by atoms with Crippen LogP contribution in [0.25, 0.3) is 94.9 Å². The van der Waals surface area contributed by atoms with Crippen molar-refractivity contribution in [2.24, 2.45) is 4.99 Å². The van der Waals surface area contributed by atoms with Gasteiger partial charge in [-0.15, -0.1) is 0 Å². The van der Waals surface area contributed by atoms with Crippen LogP contribution in [0.15, 0.2) is 252 Å². The third-order valence-corrected chi connectivity index (χ3v) is 12.7. The molecule has 1 aliphatic heterocycles. The average Bonchev–Trinajstić information content (AvgIpc) is 3.80. The number of nitrogens with zero attached hydrogens (tertiary/aromatic N) is 3. The van der Waals surface area contributed by atoms with Crippen molar-refractivity contribution >= 4 is 33.3 Å². The lowest BCUT2D eigenvalue weighted by Gasteiger charge is -2.20. The minimum Gasteiger partial charge on any atom is -0.456 e. The molecule has 1 atom stereocenters. The maximum absolute atomic E-state index is 6.60. The van der Waals surface area contributed by atoms with Gasteiger partial charge in [-0.1, -0.05) is 200 Å². The SMILES string of the molecule is C1=C(c2cccc(-c3ccccc3)c2)[NH2+]C(c2ccccc2)N=C1c1ccc(-c2cc(-c3ccc(-c4cc(-c5ccccc5)nc(-c5ccccc5)n4)cc3)cc3oc4ccccc4c23)cc1. The Kier molecular flexibility index (Phi) is 10.3. The fourth-order valence-electron chi connectivity index (χ4n) is 9.23. The first-order valence-electron chi connectivity index (χ1n) is 22.7. The third kappa shape index (κ3) is 7.95. The van der Waals surface area contributed by atoms with Crippen LogP contribution in [0, 0.1) is 0 Å². The fourth-order valence-corrected chi connectivity index (χ4v) is 9.23. The van der Waals surface area contributed by atoms with Gasteiger partial charge in [0.2, 0.25) is 6.17 Å². The van der Waals surface area contributed by atoms with Crippen LogP contribution in [-0.4, -0.2) is 15.7 Å². The van der Waals surface area contributed by atoms with E-state index in [1.54, 1.807) is 0 Å². The maximum atomic E-state index is 6.60. The smallest absolute Gasteiger partial charge is 0.211 e. The normalized spacial score (nSPS) is 13.6. The summed E-state index contributed by atoms with van der Waals surface area (Å²) in [6.07, 6.45) is 2.11. The first-order valence-corrected chi connectivity index (χ1v) is 22.7. The Balaban J connectivity index is 0.917. The van der Waals surface area contributed by atoms with Crippen molar-refractivity contribution in [3.8, 4) is 67.3 Å². The molecule has 0 fully saturated rings. The Morgan fingerprint density at radius 1 is 0.373 bits per heavy atom. The van der Waals surface area contributed by atoms with Crippen LogP contribution in [0.3, 0.4) is 0 Å². The number of aromatic nitrogens is 2. The molecule has 2 aromatic heterocycles. The highest BCUT2D eigenvalue weighted by Gasteiger charge is 2.25. The number of hydrogen-bond acceptors (Lipinski definition) is 4. The van der Waals surface area contributed by atoms with Gasteiger partial charge in [0, 0.05) is 50.2 Å². The predicted octanol–water partition coefficient (Wildman–Crippen LogP) is 14.5. The molecule has 0 aliphatic carbocycles. The summed E-state index contributed by atoms with van der Waals surface area (Å²) in [6, 6.07) is 82.8. The molecule has 1 unspecified atom stereocenters. The summed E-state index contributed by atoms with van der Waals surface area (Å²) in [5.41, 5.74) is 18.7. The number of fused-ring (bicyclic) bond motifs is 3. The molecule has 12 rings (SSSR count). The van der Waals surface area contributed by atoms with Crippen LogP contribution < -0.4 is 5.32 Å². The van der Waals surface area contributed by atoms with Crippen LogP contribution in [-0.2, 0) is 0 Å². The zero-order valence-electron chi connectivity index (χ0n) is 36.5. The Morgan fingerprint density at radius 3 is 1.63 bits per heavy atom. The van der Waals surface area contributed by atoms with Gasteiger partial charge in [-0.25, -0.2) is 15.0 Å². The Bertz CT molecular complexity index is 3560. The number of allylic oxidation sites excluding steroid dienone is 1. The van der Waals surface area contributed by atoms with Gasteiger partial charge in [0.15, 0.2) is 5.82 Å². The quantitative estimate of drug-likeness (QED) is 0.157. The number of aliphatic imine (C=N–C) groups is 1. The number of hydrogen-bond donors (Lipinski definition) is 1. The lowest BCUT2D eigenvalue weighted by molar-refractivity contribution is -0.609. The molecule has 2 N–H and O–H groups in total. The minimum atomic E-state index is -0.123. The van der Waals surface area contributed by atoms with Gasteiger partial charge in [0.05, 0.1) is 17.1 Å². The molecule has 0 spiro atoms. The van der Waals surface area contributed by atoms with Gasteiger partial charge >= 0.3 is 0 Å². The second-order valence-electron chi connectivity index (χ2n) is 16.9. The van der Waals surface area contributed by atoms with E-state index < -0.39 is 0 Å². The van der Waals surface area contributed by atoms with Crippen molar-refractivity contribution in [2.45, 2.75) is 6.17 Å². The van der Waals surface area contributed by atoms with Crippen molar-refractivity contribution in [3.05, 3.63) is 259 Å². The molecule has 11 aromatic rings. The molecule has 0 saturated carbocycles. The van der Waals surface area contributed by atoms with E-state index in [-0.39, 0.29) is 6.17 Å². The summed E-state index contributed by atoms with van der Waals surface area (Å²) in [4.78, 5) is 15.4. The zero-order valence-corrected chi connectivity index (χ0v) is 36.5. The van der Waals surface area contributed by atoms with E-state index >= 15 is 0 Å². The molecule has 9 aromatic carbocycles. The summed E-state index contributed by atoms with van der Waals surface area (Å²) in [7, 11) is 0. The van der Waals surface area contributed by atoms with E-state index in [4.69, 9.17) is 19.4 Å². The number of benzene rings is 9. The number of furan rings is 1. The number of quaternary nitrogens is 1. The first kappa shape index (κ1) is 39.8. The van der Waals surface area contributed by atoms with Crippen LogP contribution in [0.1, 0.15) is 22.9 Å². The summed E-state index contributed by atoms with van der Waals surface area (Å²) in [5.74, 6) is 0.696. The Labute approximate surface area is 389 Å². The van der Waals surface area contributed by atoms with Crippen molar-refractivity contribution < 1.29 is 9.73 Å². The van der Waals surface area contributed by atoms with Gasteiger partial charge in [-0.3, -0.25) is 5.32 Å². The number of nitrogens with two attached hydrogens (primary N) is 1. The molecule has 1 aliphatic rings. The average molecular weight is 860 g/mol. The molecule has 316 valence electrons. The zero-order chi connectivity index (χ0) is 44.5. The van der Waals surface area contributed by atoms with Gasteiger partial charge in [-0.2, -0.15) is 0 Å². The highest BCUT2D eigenvalue weighted by molar-refractivity contribution is 6.15. The van der Waals surface area contributed by atoms with Crippen molar-refractivity contribution in [2.75, 3.05) is 0 Å². The lowest BCUT2D eigenvalue weighted by Crippen LogP contribution is -2.82. The molecule has 3 heterocycles. The summed E-state index contributed by atoms with van der Waals surface area (Å²) >= 11 is 0. The molecule has 0 bridgehead atoms. The highest BCUT2D eigenvalue weighted by Crippen LogP contribution is 2.41. The van der Waals surface area contributed by atoms with Crippen LogP contribution in [0.2, 0.25) is 0 Å². The molecular weight excluding hydrogens is 817 g/mol. The van der Waals surface area contributed by atoms with E-state index in [2.05, 4.69) is 199 Å². The molecule has 0 amide bonds. The summed E-state index contributed by atoms with van der Waals surface area (Å²) < 4.78 is 6.60. The standard InChI is InChI=1S/C62H42N4O/c1-5-16-41(17-6-1)49-24-15-25-50(36-49)57-40-56(65-62(66-57)48-22-11-4-12-23-48)46-34-30-43(31-35-46)53-37-51(38-59-60(53)52-26-13-14-27-58(52)67-59)42-28-32-45(33-29-42)55-39-54(44-18-7-2-8-19-44)63-61(64-55)47-20-9-3-10-21-47/h1-40,62,66H/p+1. The van der Waals surface area contributed by atoms with E-state index in [0.717, 1.165) is 100 Å². The van der Waals surface area contributed by atoms with Crippen LogP contribution in [0.5, 0.6) is 0 Å². The van der Waals surface area contributed by atoms with E-state index in [0.29, 0.717) is 5.82 Å². The second kappa shape index (κ2) is 17.3. The predicted molar refractivity (Wildman–Crippen MR) is 274 cm³/mol. The molecule has 5 heteroatoms.